The SMILES string of the molecule is CCNC(=NCC1CCCN1CCOC)NCCNC(=O)OC(C)(C)C.I. The molecule has 0 aromatic heterocycles. The van der Waals surface area contributed by atoms with Gasteiger partial charge >= 0.3 is 6.09 Å². The lowest BCUT2D eigenvalue weighted by Crippen LogP contribution is -2.43. The molecular formula is C18H38IN5O3. The highest BCUT2D eigenvalue weighted by Gasteiger charge is 2.23. The molecule has 0 radical (unpaired) electrons. The van der Waals surface area contributed by atoms with E-state index < -0.39 is 11.7 Å². The first-order valence-corrected chi connectivity index (χ1v) is 9.57. The maximum Gasteiger partial charge on any atom is 0.407 e. The number of rotatable bonds is 9. The van der Waals surface area contributed by atoms with E-state index in [1.54, 1.807) is 7.11 Å². The van der Waals surface area contributed by atoms with Crippen molar-refractivity contribution in [1.82, 2.24) is 20.9 Å². The molecule has 0 aromatic carbocycles. The van der Waals surface area contributed by atoms with Gasteiger partial charge in [-0.3, -0.25) is 9.89 Å². The zero-order chi connectivity index (χ0) is 19.4. The summed E-state index contributed by atoms with van der Waals surface area (Å²) in [5, 5.41) is 9.22. The third kappa shape index (κ3) is 12.3. The number of likely N-dealkylation sites (tertiary alicyclic amines) is 1. The Morgan fingerprint density at radius 2 is 1.93 bits per heavy atom. The fourth-order valence-electron chi connectivity index (χ4n) is 2.80. The molecule has 1 aliphatic rings. The smallest absolute Gasteiger partial charge is 0.407 e. The normalized spacial score (nSPS) is 18.0. The van der Waals surface area contributed by atoms with Gasteiger partial charge in [0.1, 0.15) is 5.60 Å². The van der Waals surface area contributed by atoms with Crippen molar-refractivity contribution in [3.63, 3.8) is 0 Å². The summed E-state index contributed by atoms with van der Waals surface area (Å²) in [6.45, 7) is 13.0. The van der Waals surface area contributed by atoms with Gasteiger partial charge in [0.05, 0.1) is 13.2 Å². The Balaban J connectivity index is 0.00000676. The van der Waals surface area contributed by atoms with Crippen LogP contribution in [0.5, 0.6) is 0 Å². The number of carbonyl (C=O) groups is 1. The monoisotopic (exact) mass is 499 g/mol. The number of hydrogen-bond donors (Lipinski definition) is 3. The zero-order valence-electron chi connectivity index (χ0n) is 17.5. The molecule has 8 nitrogen and oxygen atoms in total. The van der Waals surface area contributed by atoms with Gasteiger partial charge < -0.3 is 25.4 Å². The summed E-state index contributed by atoms with van der Waals surface area (Å²) < 4.78 is 10.4. The van der Waals surface area contributed by atoms with Crippen molar-refractivity contribution in [3.05, 3.63) is 0 Å². The van der Waals surface area contributed by atoms with Crippen LogP contribution in [0.3, 0.4) is 0 Å². The van der Waals surface area contributed by atoms with E-state index in [1.165, 1.54) is 12.8 Å². The third-order valence-electron chi connectivity index (χ3n) is 3.97. The fraction of sp³-hybridized carbons (Fsp3) is 0.889. The van der Waals surface area contributed by atoms with Crippen LogP contribution < -0.4 is 16.0 Å². The number of nitrogens with one attached hydrogen (secondary N) is 3. The van der Waals surface area contributed by atoms with Crippen LogP contribution >= 0.6 is 24.0 Å². The predicted octanol–water partition coefficient (Wildman–Crippen LogP) is 1.80. The number of carbonyl (C=O) groups excluding carboxylic acids is 1. The topological polar surface area (TPSA) is 87.2 Å². The maximum absolute atomic E-state index is 11.6. The molecule has 0 aromatic rings. The minimum absolute atomic E-state index is 0. The Kier molecular flexibility index (Phi) is 13.8. The molecule has 1 amide bonds. The molecule has 27 heavy (non-hydrogen) atoms. The van der Waals surface area contributed by atoms with Crippen molar-refractivity contribution < 1.29 is 14.3 Å². The van der Waals surface area contributed by atoms with Crippen molar-refractivity contribution in [2.45, 2.75) is 52.2 Å². The minimum Gasteiger partial charge on any atom is -0.444 e. The molecule has 1 atom stereocenters. The first-order chi connectivity index (χ1) is 12.4. The number of methoxy groups -OCH3 is 1. The summed E-state index contributed by atoms with van der Waals surface area (Å²) in [4.78, 5) is 18.8. The Bertz CT molecular complexity index is 443. The summed E-state index contributed by atoms with van der Waals surface area (Å²) in [6, 6.07) is 0.473. The molecule has 1 aliphatic heterocycles. The van der Waals surface area contributed by atoms with Crippen molar-refractivity contribution in [3.8, 4) is 0 Å². The summed E-state index contributed by atoms with van der Waals surface area (Å²) in [6.07, 6.45) is 1.99. The molecule has 1 unspecified atom stereocenters. The van der Waals surface area contributed by atoms with Crippen LogP contribution in [0.4, 0.5) is 4.79 Å². The lowest BCUT2D eigenvalue weighted by atomic mass is 10.2. The van der Waals surface area contributed by atoms with E-state index in [-0.39, 0.29) is 24.0 Å². The quantitative estimate of drug-likeness (QED) is 0.194. The summed E-state index contributed by atoms with van der Waals surface area (Å²) >= 11 is 0. The standard InChI is InChI=1S/C18H37N5O3.HI/c1-6-19-16(20-9-10-21-17(24)26-18(2,3)4)22-14-15-8-7-11-23(15)12-13-25-5;/h15H,6-14H2,1-5H3,(H,21,24)(H2,19,20,22);1H. The summed E-state index contributed by atoms with van der Waals surface area (Å²) in [5.41, 5.74) is -0.482. The van der Waals surface area contributed by atoms with Gasteiger partial charge in [-0.25, -0.2) is 4.79 Å². The van der Waals surface area contributed by atoms with Crippen LogP contribution in [-0.2, 0) is 9.47 Å². The summed E-state index contributed by atoms with van der Waals surface area (Å²) in [5.74, 6) is 0.775. The molecule has 0 bridgehead atoms. The lowest BCUT2D eigenvalue weighted by molar-refractivity contribution is 0.0529. The molecule has 0 spiro atoms. The number of alkyl carbamates (subject to hydrolysis) is 1. The number of hydrogen-bond acceptors (Lipinski definition) is 5. The van der Waals surface area contributed by atoms with Crippen LogP contribution in [-0.4, -0.2) is 81.6 Å². The average molecular weight is 499 g/mol. The summed E-state index contributed by atoms with van der Waals surface area (Å²) in [7, 11) is 1.74. The third-order valence-corrected chi connectivity index (χ3v) is 3.97. The minimum atomic E-state index is -0.482. The molecule has 160 valence electrons. The van der Waals surface area contributed by atoms with Crippen LogP contribution in [0.15, 0.2) is 4.99 Å². The molecule has 3 N–H and O–H groups in total. The van der Waals surface area contributed by atoms with Gasteiger partial charge in [-0.15, -0.1) is 24.0 Å². The predicted molar refractivity (Wildman–Crippen MR) is 120 cm³/mol. The number of halogens is 1. The first-order valence-electron chi connectivity index (χ1n) is 9.57. The molecule has 1 saturated heterocycles. The van der Waals surface area contributed by atoms with Gasteiger partial charge in [0.2, 0.25) is 0 Å². The van der Waals surface area contributed by atoms with E-state index in [0.717, 1.165) is 38.7 Å². The van der Waals surface area contributed by atoms with Gasteiger partial charge in [0.15, 0.2) is 5.96 Å². The van der Waals surface area contributed by atoms with Crippen LogP contribution in [0.2, 0.25) is 0 Å². The number of amides is 1. The van der Waals surface area contributed by atoms with E-state index in [9.17, 15) is 4.79 Å². The highest BCUT2D eigenvalue weighted by molar-refractivity contribution is 14.0. The molecule has 0 saturated carbocycles. The molecule has 1 rings (SSSR count). The molecule has 0 aliphatic carbocycles. The number of guanidine groups is 1. The second kappa shape index (κ2) is 14.2. The van der Waals surface area contributed by atoms with Gasteiger partial charge in [-0.05, 0) is 47.1 Å². The second-order valence-electron chi connectivity index (χ2n) is 7.40. The van der Waals surface area contributed by atoms with Crippen molar-refractivity contribution in [2.75, 3.05) is 53.0 Å². The van der Waals surface area contributed by atoms with Crippen molar-refractivity contribution >= 4 is 36.0 Å². The van der Waals surface area contributed by atoms with Gasteiger partial charge in [0.25, 0.3) is 0 Å². The van der Waals surface area contributed by atoms with E-state index in [0.29, 0.717) is 19.1 Å². The Hall–Kier alpha value is -0.810. The van der Waals surface area contributed by atoms with Gasteiger partial charge in [-0.1, -0.05) is 0 Å². The van der Waals surface area contributed by atoms with Crippen LogP contribution in [0, 0.1) is 0 Å². The number of nitrogens with zero attached hydrogens (tertiary/aromatic N) is 2. The lowest BCUT2D eigenvalue weighted by Gasteiger charge is -2.23. The largest absolute Gasteiger partial charge is 0.444 e. The second-order valence-corrected chi connectivity index (χ2v) is 7.40. The van der Waals surface area contributed by atoms with E-state index in [1.807, 2.05) is 27.7 Å². The number of aliphatic imine (C=N–C) groups is 1. The fourth-order valence-corrected chi connectivity index (χ4v) is 2.80. The molecule has 9 heteroatoms. The average Bonchev–Trinajstić information content (AvgIpc) is 3.00. The van der Waals surface area contributed by atoms with Gasteiger partial charge in [0, 0.05) is 39.3 Å². The van der Waals surface area contributed by atoms with Crippen molar-refractivity contribution in [2.24, 2.45) is 4.99 Å². The molecule has 1 fully saturated rings. The Morgan fingerprint density at radius 1 is 1.22 bits per heavy atom. The molecular weight excluding hydrogens is 461 g/mol. The van der Waals surface area contributed by atoms with Crippen LogP contribution in [0.1, 0.15) is 40.5 Å². The van der Waals surface area contributed by atoms with Crippen LogP contribution in [0.25, 0.3) is 0 Å². The maximum atomic E-state index is 11.6. The molecule has 1 heterocycles. The number of ether oxygens (including phenoxy) is 2. The van der Waals surface area contributed by atoms with Gasteiger partial charge in [-0.2, -0.15) is 0 Å². The highest BCUT2D eigenvalue weighted by atomic mass is 127. The Labute approximate surface area is 181 Å². The Morgan fingerprint density at radius 3 is 2.56 bits per heavy atom. The first kappa shape index (κ1) is 26.2. The highest BCUT2D eigenvalue weighted by Crippen LogP contribution is 2.16. The van der Waals surface area contributed by atoms with E-state index >= 15 is 0 Å². The van der Waals surface area contributed by atoms with Crippen molar-refractivity contribution in [1.29, 1.82) is 0 Å². The van der Waals surface area contributed by atoms with E-state index in [2.05, 4.69) is 20.9 Å². The van der Waals surface area contributed by atoms with E-state index in [4.69, 9.17) is 14.5 Å². The zero-order valence-corrected chi connectivity index (χ0v) is 19.8.